The van der Waals surface area contributed by atoms with Gasteiger partial charge in [0.25, 0.3) is 0 Å². The number of thiazole rings is 1. The Bertz CT molecular complexity index is 717. The molecule has 1 amide bonds. The smallest absolute Gasteiger partial charge is 0.307 e. The second kappa shape index (κ2) is 8.08. The zero-order valence-corrected chi connectivity index (χ0v) is 14.7. The summed E-state index contributed by atoms with van der Waals surface area (Å²) in [6.45, 7) is 9.00. The molecule has 1 aromatic carbocycles. The summed E-state index contributed by atoms with van der Waals surface area (Å²) in [7, 11) is 0. The second-order valence-electron chi connectivity index (χ2n) is 5.44. The number of anilines is 1. The van der Waals surface area contributed by atoms with Crippen molar-refractivity contribution in [1.29, 1.82) is 0 Å². The summed E-state index contributed by atoms with van der Waals surface area (Å²) < 4.78 is 1.49. The Morgan fingerprint density at radius 3 is 2.65 bits per heavy atom. The highest BCUT2D eigenvalue weighted by Crippen LogP contribution is 2.13. The summed E-state index contributed by atoms with van der Waals surface area (Å²) in [5.41, 5.74) is 2.74. The van der Waals surface area contributed by atoms with E-state index in [2.05, 4.69) is 30.1 Å². The topological polar surface area (TPSA) is 54.3 Å². The molecule has 0 aliphatic rings. The first-order valence-corrected chi connectivity index (χ1v) is 8.67. The van der Waals surface area contributed by atoms with Gasteiger partial charge < -0.3 is 5.32 Å². The fraction of sp³-hybridized carbons (Fsp3) is 0.412. The van der Waals surface area contributed by atoms with E-state index in [0.717, 1.165) is 47.9 Å². The third-order valence-corrected chi connectivity index (χ3v) is 4.67. The van der Waals surface area contributed by atoms with E-state index in [1.807, 2.05) is 25.1 Å². The van der Waals surface area contributed by atoms with E-state index in [9.17, 15) is 9.59 Å². The molecule has 23 heavy (non-hydrogen) atoms. The van der Waals surface area contributed by atoms with Crippen molar-refractivity contribution in [1.82, 2.24) is 9.47 Å². The zero-order chi connectivity index (χ0) is 16.8. The van der Waals surface area contributed by atoms with Gasteiger partial charge in [-0.2, -0.15) is 0 Å². The number of carbonyl (C=O) groups excluding carboxylic acids is 1. The predicted octanol–water partition coefficient (Wildman–Crippen LogP) is 2.70. The lowest BCUT2D eigenvalue weighted by Gasteiger charge is -2.18. The second-order valence-corrected chi connectivity index (χ2v) is 6.26. The van der Waals surface area contributed by atoms with Gasteiger partial charge in [0.05, 0.1) is 0 Å². The van der Waals surface area contributed by atoms with Gasteiger partial charge in [-0.05, 0) is 37.7 Å². The molecule has 5 nitrogen and oxygen atoms in total. The number of hydrogen-bond donors (Lipinski definition) is 1. The monoisotopic (exact) mass is 333 g/mol. The Labute approximate surface area is 140 Å². The van der Waals surface area contributed by atoms with E-state index in [1.165, 1.54) is 4.57 Å². The third kappa shape index (κ3) is 4.77. The van der Waals surface area contributed by atoms with Crippen molar-refractivity contribution in [2.24, 2.45) is 0 Å². The molecule has 0 atom stereocenters. The van der Waals surface area contributed by atoms with Crippen LogP contribution in [0.4, 0.5) is 5.69 Å². The van der Waals surface area contributed by atoms with Gasteiger partial charge in [0, 0.05) is 23.3 Å². The van der Waals surface area contributed by atoms with Crippen molar-refractivity contribution in [2.45, 2.75) is 33.9 Å². The Kier molecular flexibility index (Phi) is 6.12. The van der Waals surface area contributed by atoms with Gasteiger partial charge in [-0.1, -0.05) is 37.3 Å². The molecule has 6 heteroatoms. The first kappa shape index (κ1) is 17.4. The number of rotatable bonds is 7. The number of amides is 1. The maximum absolute atomic E-state index is 12.2. The van der Waals surface area contributed by atoms with Gasteiger partial charge in [-0.3, -0.25) is 19.1 Å². The van der Waals surface area contributed by atoms with Crippen LogP contribution < -0.4 is 10.2 Å². The lowest BCUT2D eigenvalue weighted by atomic mass is 10.2. The van der Waals surface area contributed by atoms with Crippen LogP contribution in [0.15, 0.2) is 34.4 Å². The Morgan fingerprint density at radius 1 is 1.30 bits per heavy atom. The van der Waals surface area contributed by atoms with Crippen molar-refractivity contribution >= 4 is 22.9 Å². The molecule has 0 saturated heterocycles. The van der Waals surface area contributed by atoms with E-state index in [-0.39, 0.29) is 17.3 Å². The van der Waals surface area contributed by atoms with Gasteiger partial charge in [0.15, 0.2) is 0 Å². The Balaban J connectivity index is 2.02. The minimum atomic E-state index is -0.186. The van der Waals surface area contributed by atoms with Gasteiger partial charge in [-0.15, -0.1) is 0 Å². The summed E-state index contributed by atoms with van der Waals surface area (Å²) in [5.74, 6) is -0.186. The predicted molar refractivity (Wildman–Crippen MR) is 95.0 cm³/mol. The average Bonchev–Trinajstić information content (AvgIpc) is 2.85. The molecule has 0 aliphatic heterocycles. The summed E-state index contributed by atoms with van der Waals surface area (Å²) in [6.07, 6.45) is 0. The molecule has 2 rings (SSSR count). The molecule has 0 radical (unpaired) electrons. The molecular formula is C17H23N3O2S. The first-order chi connectivity index (χ1) is 11.0. The van der Waals surface area contributed by atoms with Gasteiger partial charge >= 0.3 is 4.87 Å². The normalized spacial score (nSPS) is 11.0. The number of carbonyl (C=O) groups is 1. The molecule has 0 unspecified atom stereocenters. The van der Waals surface area contributed by atoms with E-state index in [1.54, 1.807) is 5.38 Å². The maximum Gasteiger partial charge on any atom is 0.307 e. The van der Waals surface area contributed by atoms with Gasteiger partial charge in [0.1, 0.15) is 6.54 Å². The first-order valence-electron chi connectivity index (χ1n) is 7.79. The highest BCUT2D eigenvalue weighted by Gasteiger charge is 2.09. The van der Waals surface area contributed by atoms with Crippen LogP contribution in [0.5, 0.6) is 0 Å². The number of benzene rings is 1. The van der Waals surface area contributed by atoms with Crippen LogP contribution in [0.1, 0.15) is 25.1 Å². The standard InChI is InChI=1S/C17H23N3O2S/c1-4-19(5-2)10-14-7-6-8-15(9-14)18-16(21)11-20-13(3)12-23-17(20)22/h6-9,12H,4-5,10-11H2,1-3H3,(H,18,21). The fourth-order valence-electron chi connectivity index (χ4n) is 2.39. The van der Waals surface area contributed by atoms with Crippen molar-refractivity contribution in [3.63, 3.8) is 0 Å². The number of aromatic nitrogens is 1. The quantitative estimate of drug-likeness (QED) is 0.847. The molecule has 0 fully saturated rings. The zero-order valence-electron chi connectivity index (χ0n) is 13.8. The molecule has 0 spiro atoms. The van der Waals surface area contributed by atoms with Gasteiger partial charge in [-0.25, -0.2) is 0 Å². The Morgan fingerprint density at radius 2 is 2.04 bits per heavy atom. The molecule has 124 valence electrons. The number of aryl methyl sites for hydroxylation is 1. The SMILES string of the molecule is CCN(CC)Cc1cccc(NC(=O)Cn2c(C)csc2=O)c1. The lowest BCUT2D eigenvalue weighted by molar-refractivity contribution is -0.116. The van der Waals surface area contributed by atoms with E-state index in [4.69, 9.17) is 0 Å². The molecule has 1 N–H and O–H groups in total. The van der Waals surface area contributed by atoms with E-state index >= 15 is 0 Å². The van der Waals surface area contributed by atoms with Crippen molar-refractivity contribution in [3.8, 4) is 0 Å². The molecule has 1 heterocycles. The maximum atomic E-state index is 12.2. The fourth-order valence-corrected chi connectivity index (χ4v) is 3.13. The minimum absolute atomic E-state index is 0.0500. The Hall–Kier alpha value is -1.92. The van der Waals surface area contributed by atoms with Crippen LogP contribution in [0, 0.1) is 6.92 Å². The van der Waals surface area contributed by atoms with Crippen molar-refractivity contribution in [2.75, 3.05) is 18.4 Å². The summed E-state index contributed by atoms with van der Waals surface area (Å²) in [6, 6.07) is 7.85. The summed E-state index contributed by atoms with van der Waals surface area (Å²) >= 11 is 1.12. The molecule has 0 bridgehead atoms. The lowest BCUT2D eigenvalue weighted by Crippen LogP contribution is -2.25. The molecule has 2 aromatic rings. The summed E-state index contributed by atoms with van der Waals surface area (Å²) in [4.78, 5) is 26.0. The van der Waals surface area contributed by atoms with Gasteiger partial charge in [0.2, 0.25) is 5.91 Å². The van der Waals surface area contributed by atoms with Crippen LogP contribution in [0.3, 0.4) is 0 Å². The van der Waals surface area contributed by atoms with E-state index in [0.29, 0.717) is 0 Å². The van der Waals surface area contributed by atoms with Crippen molar-refractivity contribution < 1.29 is 4.79 Å². The third-order valence-electron chi connectivity index (χ3n) is 3.79. The van der Waals surface area contributed by atoms with Crippen LogP contribution in [-0.4, -0.2) is 28.5 Å². The van der Waals surface area contributed by atoms with Crippen LogP contribution >= 0.6 is 11.3 Å². The largest absolute Gasteiger partial charge is 0.325 e. The summed E-state index contributed by atoms with van der Waals surface area (Å²) in [5, 5.41) is 4.64. The van der Waals surface area contributed by atoms with Crippen molar-refractivity contribution in [3.05, 3.63) is 50.6 Å². The highest BCUT2D eigenvalue weighted by atomic mass is 32.1. The average molecular weight is 333 g/mol. The number of nitrogens with one attached hydrogen (secondary N) is 1. The minimum Gasteiger partial charge on any atom is -0.325 e. The molecule has 0 saturated carbocycles. The molecular weight excluding hydrogens is 310 g/mol. The molecule has 1 aromatic heterocycles. The number of hydrogen-bond acceptors (Lipinski definition) is 4. The highest BCUT2D eigenvalue weighted by molar-refractivity contribution is 7.07. The number of nitrogens with zero attached hydrogens (tertiary/aromatic N) is 2. The molecule has 0 aliphatic carbocycles. The van der Waals surface area contributed by atoms with Crippen LogP contribution in [-0.2, 0) is 17.9 Å². The van der Waals surface area contributed by atoms with Crippen LogP contribution in [0.2, 0.25) is 0 Å². The van der Waals surface area contributed by atoms with E-state index < -0.39 is 0 Å². The van der Waals surface area contributed by atoms with Crippen LogP contribution in [0.25, 0.3) is 0 Å².